The number of hydrazone groups is 1. The molecule has 204 valence electrons. The average molecular weight is 598 g/mol. The second kappa shape index (κ2) is 12.6. The molecule has 0 saturated carbocycles. The highest BCUT2D eigenvalue weighted by molar-refractivity contribution is 7.92. The van der Waals surface area contributed by atoms with E-state index in [0.29, 0.717) is 16.3 Å². The number of hydrogen-bond donors (Lipinski definition) is 2. The zero-order valence-corrected chi connectivity index (χ0v) is 23.1. The highest BCUT2D eigenvalue weighted by atomic mass is 35.5. The van der Waals surface area contributed by atoms with Crippen molar-refractivity contribution in [3.8, 4) is 11.5 Å². The molecule has 2 N–H and O–H groups in total. The number of rotatable bonds is 9. The van der Waals surface area contributed by atoms with Gasteiger partial charge in [-0.2, -0.15) is 5.10 Å². The summed E-state index contributed by atoms with van der Waals surface area (Å²) in [5.74, 6) is -0.725. The lowest BCUT2D eigenvalue weighted by Gasteiger charge is -2.10. The van der Waals surface area contributed by atoms with Crippen molar-refractivity contribution in [1.82, 2.24) is 5.43 Å². The number of methoxy groups -OCH3 is 1. The molecule has 0 aliphatic rings. The fourth-order valence-corrected chi connectivity index (χ4v) is 4.74. The lowest BCUT2D eigenvalue weighted by Crippen LogP contribution is -2.18. The standard InChI is InChI=1S/C28H21Cl2N3O6S/c1-38-26-15-18(7-14-25(26)39-28(35)20-10-13-23(29)24(30)16-20)17-31-32-27(34)19-8-11-21(12-9-19)33-40(36,37)22-5-3-2-4-6-22/h2-17,33H,1H3,(H,32,34). The summed E-state index contributed by atoms with van der Waals surface area (Å²) in [6, 6.07) is 22.9. The maximum Gasteiger partial charge on any atom is 0.343 e. The Balaban J connectivity index is 1.36. The largest absolute Gasteiger partial charge is 0.493 e. The van der Waals surface area contributed by atoms with Crippen molar-refractivity contribution in [3.63, 3.8) is 0 Å². The zero-order valence-electron chi connectivity index (χ0n) is 20.8. The Morgan fingerprint density at radius 2 is 1.52 bits per heavy atom. The van der Waals surface area contributed by atoms with Crippen LogP contribution in [-0.4, -0.2) is 33.6 Å². The van der Waals surface area contributed by atoms with E-state index in [0.717, 1.165) is 0 Å². The first kappa shape index (κ1) is 28.6. The Morgan fingerprint density at radius 3 is 2.20 bits per heavy atom. The topological polar surface area (TPSA) is 123 Å². The van der Waals surface area contributed by atoms with Crippen LogP contribution in [-0.2, 0) is 10.0 Å². The number of carbonyl (C=O) groups excluding carboxylic acids is 2. The second-order valence-electron chi connectivity index (χ2n) is 8.12. The van der Waals surface area contributed by atoms with Crippen LogP contribution in [0.1, 0.15) is 26.3 Å². The first-order valence-electron chi connectivity index (χ1n) is 11.5. The number of anilines is 1. The van der Waals surface area contributed by atoms with Crippen LogP contribution in [0.2, 0.25) is 10.0 Å². The monoisotopic (exact) mass is 597 g/mol. The summed E-state index contributed by atoms with van der Waals surface area (Å²) in [4.78, 5) is 25.1. The van der Waals surface area contributed by atoms with Crippen molar-refractivity contribution in [2.45, 2.75) is 4.90 Å². The first-order chi connectivity index (χ1) is 19.2. The van der Waals surface area contributed by atoms with E-state index in [-0.39, 0.29) is 32.5 Å². The van der Waals surface area contributed by atoms with E-state index < -0.39 is 21.9 Å². The molecule has 9 nitrogen and oxygen atoms in total. The Hall–Kier alpha value is -4.38. The number of nitrogens with zero attached hydrogens (tertiary/aromatic N) is 1. The summed E-state index contributed by atoms with van der Waals surface area (Å²) >= 11 is 11.9. The zero-order chi connectivity index (χ0) is 28.7. The fourth-order valence-electron chi connectivity index (χ4n) is 3.36. The van der Waals surface area contributed by atoms with Gasteiger partial charge >= 0.3 is 5.97 Å². The van der Waals surface area contributed by atoms with E-state index >= 15 is 0 Å². The van der Waals surface area contributed by atoms with Gasteiger partial charge in [-0.1, -0.05) is 41.4 Å². The Morgan fingerprint density at radius 1 is 0.825 bits per heavy atom. The number of amides is 1. The summed E-state index contributed by atoms with van der Waals surface area (Å²) in [6.45, 7) is 0. The normalized spacial score (nSPS) is 11.2. The second-order valence-corrected chi connectivity index (χ2v) is 10.6. The van der Waals surface area contributed by atoms with Gasteiger partial charge in [-0.3, -0.25) is 9.52 Å². The van der Waals surface area contributed by atoms with Gasteiger partial charge in [0.15, 0.2) is 11.5 Å². The third-order valence-electron chi connectivity index (χ3n) is 5.38. The van der Waals surface area contributed by atoms with Gasteiger partial charge in [0.1, 0.15) is 0 Å². The molecular weight excluding hydrogens is 577 g/mol. The SMILES string of the molecule is COc1cc(C=NNC(=O)c2ccc(NS(=O)(=O)c3ccccc3)cc2)ccc1OC(=O)c1ccc(Cl)c(Cl)c1. The summed E-state index contributed by atoms with van der Waals surface area (Å²) in [5.41, 5.74) is 3.73. The number of benzene rings is 4. The molecule has 0 aromatic heterocycles. The smallest absolute Gasteiger partial charge is 0.343 e. The third-order valence-corrected chi connectivity index (χ3v) is 7.51. The summed E-state index contributed by atoms with van der Waals surface area (Å²) in [5, 5.41) is 4.48. The van der Waals surface area contributed by atoms with Crippen molar-refractivity contribution >= 4 is 57.0 Å². The quantitative estimate of drug-likeness (QED) is 0.109. The number of ether oxygens (including phenoxy) is 2. The van der Waals surface area contributed by atoms with Crippen molar-refractivity contribution in [2.24, 2.45) is 5.10 Å². The average Bonchev–Trinajstić information content (AvgIpc) is 2.95. The molecule has 0 atom stereocenters. The van der Waals surface area contributed by atoms with E-state index in [1.165, 1.54) is 74.0 Å². The molecule has 4 aromatic rings. The molecule has 40 heavy (non-hydrogen) atoms. The predicted molar refractivity (Wildman–Crippen MR) is 153 cm³/mol. The molecule has 0 saturated heterocycles. The number of hydrogen-bond acceptors (Lipinski definition) is 7. The molecule has 0 aliphatic heterocycles. The molecule has 0 fully saturated rings. The minimum absolute atomic E-state index is 0.125. The van der Waals surface area contributed by atoms with Crippen molar-refractivity contribution in [1.29, 1.82) is 0 Å². The molecule has 4 aromatic carbocycles. The van der Waals surface area contributed by atoms with Crippen molar-refractivity contribution in [2.75, 3.05) is 11.8 Å². The number of halogens is 2. The van der Waals surface area contributed by atoms with Crippen LogP contribution in [0.4, 0.5) is 5.69 Å². The Kier molecular flexibility index (Phi) is 9.05. The minimum atomic E-state index is -3.75. The number of esters is 1. The van der Waals surface area contributed by atoms with E-state index in [1.54, 1.807) is 30.3 Å². The maximum atomic E-state index is 12.5. The number of sulfonamides is 1. The maximum absolute atomic E-state index is 12.5. The van der Waals surface area contributed by atoms with Crippen LogP contribution >= 0.6 is 23.2 Å². The van der Waals surface area contributed by atoms with Gasteiger partial charge in [0.25, 0.3) is 15.9 Å². The van der Waals surface area contributed by atoms with Crippen molar-refractivity contribution in [3.05, 3.63) is 118 Å². The van der Waals surface area contributed by atoms with E-state index in [9.17, 15) is 18.0 Å². The molecule has 4 rings (SSSR count). The molecule has 12 heteroatoms. The summed E-state index contributed by atoms with van der Waals surface area (Å²) < 4.78 is 38.1. The summed E-state index contributed by atoms with van der Waals surface area (Å²) in [6.07, 6.45) is 1.38. The van der Waals surface area contributed by atoms with Crippen molar-refractivity contribution < 1.29 is 27.5 Å². The first-order valence-corrected chi connectivity index (χ1v) is 13.8. The third kappa shape index (κ3) is 7.17. The molecule has 1 amide bonds. The van der Waals surface area contributed by atoms with Gasteiger partial charge in [0.2, 0.25) is 0 Å². The van der Waals surface area contributed by atoms with E-state index in [2.05, 4.69) is 15.2 Å². The summed E-state index contributed by atoms with van der Waals surface area (Å²) in [7, 11) is -2.33. The van der Waals surface area contributed by atoms with Crippen LogP contribution in [0.25, 0.3) is 0 Å². The lowest BCUT2D eigenvalue weighted by molar-refractivity contribution is 0.0729. The van der Waals surface area contributed by atoms with Crippen LogP contribution < -0.4 is 19.6 Å². The fraction of sp³-hybridized carbons (Fsp3) is 0.0357. The predicted octanol–water partition coefficient (Wildman–Crippen LogP) is 5.79. The van der Waals surface area contributed by atoms with Gasteiger partial charge in [-0.15, -0.1) is 0 Å². The van der Waals surface area contributed by atoms with Gasteiger partial charge < -0.3 is 9.47 Å². The van der Waals surface area contributed by atoms with E-state index in [1.807, 2.05) is 0 Å². The van der Waals surface area contributed by atoms with Crippen LogP contribution in [0.5, 0.6) is 11.5 Å². The number of nitrogens with one attached hydrogen (secondary N) is 2. The van der Waals surface area contributed by atoms with Gasteiger partial charge in [-0.05, 0) is 78.4 Å². The lowest BCUT2D eigenvalue weighted by atomic mass is 10.2. The molecular formula is C28H21Cl2N3O6S. The molecule has 0 radical (unpaired) electrons. The molecule has 0 unspecified atom stereocenters. The highest BCUT2D eigenvalue weighted by Crippen LogP contribution is 2.29. The molecule has 0 bridgehead atoms. The van der Waals surface area contributed by atoms with Gasteiger partial charge in [0.05, 0.1) is 33.8 Å². The number of carbonyl (C=O) groups is 2. The van der Waals surface area contributed by atoms with Gasteiger partial charge in [-0.25, -0.2) is 18.6 Å². The Labute approximate surface area is 240 Å². The van der Waals surface area contributed by atoms with Crippen LogP contribution in [0.3, 0.4) is 0 Å². The van der Waals surface area contributed by atoms with Crippen LogP contribution in [0.15, 0.2) is 101 Å². The Bertz CT molecular complexity index is 1680. The molecule has 0 spiro atoms. The van der Waals surface area contributed by atoms with Gasteiger partial charge in [0, 0.05) is 11.3 Å². The molecule has 0 heterocycles. The highest BCUT2D eigenvalue weighted by Gasteiger charge is 2.15. The van der Waals surface area contributed by atoms with Crippen LogP contribution in [0, 0.1) is 0 Å². The van der Waals surface area contributed by atoms with E-state index in [4.69, 9.17) is 32.7 Å². The molecule has 0 aliphatic carbocycles. The minimum Gasteiger partial charge on any atom is -0.493 e.